The van der Waals surface area contributed by atoms with Crippen molar-refractivity contribution in [2.24, 2.45) is 5.41 Å². The summed E-state index contributed by atoms with van der Waals surface area (Å²) in [5.41, 5.74) is -1.47. The Balaban J connectivity index is 2.22. The van der Waals surface area contributed by atoms with Crippen molar-refractivity contribution in [1.82, 2.24) is 4.57 Å². The molecule has 0 saturated heterocycles. The van der Waals surface area contributed by atoms with Crippen molar-refractivity contribution in [3.05, 3.63) is 45.5 Å². The van der Waals surface area contributed by atoms with Crippen LogP contribution < -0.4 is 14.9 Å². The molecule has 174 valence electrons. The Bertz CT molecular complexity index is 1080. The standard InChI is InChI=1S/C23H28FNO7/c1-23(2,12-26)18-9-13-8-17(32-7-5-6-30-3)16(31-4)10-14(13)20-19(24)21(27)15(22(28)29)11-25(18)20/h8,10-11,18,26H,5-7,9,12H2,1-4H3,(H,28,29)/t18-/m0/s1. The van der Waals surface area contributed by atoms with E-state index in [1.807, 2.05) is 0 Å². The number of aliphatic hydroxyl groups is 1. The zero-order chi connectivity index (χ0) is 23.6. The minimum absolute atomic E-state index is 0.0305. The van der Waals surface area contributed by atoms with Gasteiger partial charge in [-0.25, -0.2) is 9.18 Å². The summed E-state index contributed by atoms with van der Waals surface area (Å²) in [7, 11) is 3.06. The number of methoxy groups -OCH3 is 2. The summed E-state index contributed by atoms with van der Waals surface area (Å²) >= 11 is 0. The van der Waals surface area contributed by atoms with Gasteiger partial charge in [-0.05, 0) is 24.1 Å². The van der Waals surface area contributed by atoms with E-state index in [4.69, 9.17) is 14.2 Å². The van der Waals surface area contributed by atoms with Crippen molar-refractivity contribution in [2.75, 3.05) is 34.0 Å². The number of fused-ring (bicyclic) bond motifs is 3. The molecule has 8 nitrogen and oxygen atoms in total. The minimum Gasteiger partial charge on any atom is -0.493 e. The van der Waals surface area contributed by atoms with Crippen molar-refractivity contribution in [3.63, 3.8) is 0 Å². The molecule has 0 saturated carbocycles. The Labute approximate surface area is 185 Å². The number of carboxylic acid groups (broad SMARTS) is 1. The van der Waals surface area contributed by atoms with E-state index in [1.54, 1.807) is 33.1 Å². The molecular weight excluding hydrogens is 421 g/mol. The average molecular weight is 449 g/mol. The van der Waals surface area contributed by atoms with Crippen LogP contribution in [0.5, 0.6) is 11.5 Å². The van der Waals surface area contributed by atoms with Crippen molar-refractivity contribution < 1.29 is 33.6 Å². The molecule has 0 bridgehead atoms. The number of aromatic nitrogens is 1. The second-order valence-corrected chi connectivity index (χ2v) is 8.47. The quantitative estimate of drug-likeness (QED) is 0.567. The number of rotatable bonds is 9. The average Bonchev–Trinajstić information content (AvgIpc) is 2.77. The minimum atomic E-state index is -1.51. The Morgan fingerprint density at radius 1 is 1.25 bits per heavy atom. The number of hydrogen-bond acceptors (Lipinski definition) is 6. The number of nitrogens with zero attached hydrogens (tertiary/aromatic N) is 1. The summed E-state index contributed by atoms with van der Waals surface area (Å²) in [5.74, 6) is -1.82. The number of ether oxygens (including phenoxy) is 3. The second-order valence-electron chi connectivity index (χ2n) is 8.47. The largest absolute Gasteiger partial charge is 0.493 e. The summed E-state index contributed by atoms with van der Waals surface area (Å²) in [4.78, 5) is 24.0. The topological polar surface area (TPSA) is 107 Å². The molecule has 0 aliphatic carbocycles. The maximum Gasteiger partial charge on any atom is 0.341 e. The van der Waals surface area contributed by atoms with Crippen LogP contribution in [0.4, 0.5) is 4.39 Å². The van der Waals surface area contributed by atoms with Gasteiger partial charge in [0.1, 0.15) is 5.56 Å². The van der Waals surface area contributed by atoms with Gasteiger partial charge in [0.25, 0.3) is 0 Å². The summed E-state index contributed by atoms with van der Waals surface area (Å²) in [6.45, 7) is 4.30. The molecule has 1 aromatic carbocycles. The van der Waals surface area contributed by atoms with E-state index in [0.717, 1.165) is 6.20 Å². The van der Waals surface area contributed by atoms with Gasteiger partial charge in [-0.2, -0.15) is 0 Å². The van der Waals surface area contributed by atoms with Gasteiger partial charge in [0.05, 0.1) is 26.0 Å². The highest BCUT2D eigenvalue weighted by molar-refractivity contribution is 5.88. The van der Waals surface area contributed by atoms with E-state index in [2.05, 4.69) is 0 Å². The van der Waals surface area contributed by atoms with Gasteiger partial charge in [0.2, 0.25) is 5.43 Å². The molecule has 2 N–H and O–H groups in total. The lowest BCUT2D eigenvalue weighted by Gasteiger charge is -2.40. The first-order chi connectivity index (χ1) is 15.2. The SMILES string of the molecule is COCCCOc1cc2c(cc1OC)-c1c(F)c(=O)c(C(=O)O)cn1[C@H](C(C)(C)CO)C2. The molecule has 2 heterocycles. The smallest absolute Gasteiger partial charge is 0.341 e. The number of carbonyl (C=O) groups is 1. The third kappa shape index (κ3) is 4.22. The highest BCUT2D eigenvalue weighted by atomic mass is 19.1. The van der Waals surface area contributed by atoms with Crippen LogP contribution in [0, 0.1) is 11.2 Å². The zero-order valence-corrected chi connectivity index (χ0v) is 18.6. The number of pyridine rings is 1. The van der Waals surface area contributed by atoms with Crippen LogP contribution in [0.15, 0.2) is 23.1 Å². The van der Waals surface area contributed by atoms with E-state index < -0.39 is 34.2 Å². The molecule has 32 heavy (non-hydrogen) atoms. The predicted molar refractivity (Wildman–Crippen MR) is 115 cm³/mol. The number of carboxylic acids is 1. The fourth-order valence-electron chi connectivity index (χ4n) is 3.97. The molecule has 1 aliphatic heterocycles. The van der Waals surface area contributed by atoms with Gasteiger partial charge in [0.15, 0.2) is 17.3 Å². The van der Waals surface area contributed by atoms with E-state index in [0.29, 0.717) is 48.7 Å². The van der Waals surface area contributed by atoms with Gasteiger partial charge < -0.3 is 29.0 Å². The van der Waals surface area contributed by atoms with Crippen LogP contribution in [-0.4, -0.2) is 54.8 Å². The van der Waals surface area contributed by atoms with E-state index in [-0.39, 0.29) is 12.3 Å². The van der Waals surface area contributed by atoms with E-state index >= 15 is 4.39 Å². The maximum atomic E-state index is 15.3. The third-order valence-corrected chi connectivity index (χ3v) is 5.86. The predicted octanol–water partition coefficient (Wildman–Crippen LogP) is 2.89. The van der Waals surface area contributed by atoms with Gasteiger partial charge >= 0.3 is 5.97 Å². The number of aromatic carboxylic acids is 1. The third-order valence-electron chi connectivity index (χ3n) is 5.86. The lowest BCUT2D eigenvalue weighted by atomic mass is 9.77. The molecule has 1 aromatic heterocycles. The molecule has 1 atom stereocenters. The molecule has 1 aliphatic rings. The fraction of sp³-hybridized carbons (Fsp3) is 0.478. The number of aliphatic hydroxyl groups excluding tert-OH is 1. The molecule has 0 unspecified atom stereocenters. The van der Waals surface area contributed by atoms with Gasteiger partial charge in [-0.3, -0.25) is 4.79 Å². The van der Waals surface area contributed by atoms with E-state index in [1.165, 1.54) is 11.7 Å². The van der Waals surface area contributed by atoms with Crippen LogP contribution in [0.2, 0.25) is 0 Å². The molecule has 0 radical (unpaired) electrons. The molecule has 2 aromatic rings. The highest BCUT2D eigenvalue weighted by Crippen LogP contribution is 2.46. The first-order valence-corrected chi connectivity index (χ1v) is 10.3. The Morgan fingerprint density at radius 2 is 1.97 bits per heavy atom. The summed E-state index contributed by atoms with van der Waals surface area (Å²) in [6.07, 6.45) is 2.20. The summed E-state index contributed by atoms with van der Waals surface area (Å²) in [6, 6.07) is 2.84. The number of halogens is 1. The van der Waals surface area contributed by atoms with Crippen molar-refractivity contribution in [2.45, 2.75) is 32.7 Å². The Kier molecular flexibility index (Phi) is 6.90. The first-order valence-electron chi connectivity index (χ1n) is 10.3. The van der Waals surface area contributed by atoms with Crippen LogP contribution in [0.25, 0.3) is 11.3 Å². The molecule has 9 heteroatoms. The number of hydrogen-bond donors (Lipinski definition) is 2. The normalized spacial score (nSPS) is 15.1. The second kappa shape index (κ2) is 9.30. The van der Waals surface area contributed by atoms with E-state index in [9.17, 15) is 19.8 Å². The lowest BCUT2D eigenvalue weighted by molar-refractivity contribution is 0.0690. The van der Waals surface area contributed by atoms with Crippen LogP contribution in [0.1, 0.15) is 42.2 Å². The zero-order valence-electron chi connectivity index (χ0n) is 18.6. The van der Waals surface area contributed by atoms with Crippen LogP contribution in [-0.2, 0) is 11.2 Å². The molecule has 0 spiro atoms. The molecule has 0 fully saturated rings. The van der Waals surface area contributed by atoms with Crippen LogP contribution >= 0.6 is 0 Å². The van der Waals surface area contributed by atoms with Gasteiger partial charge in [-0.1, -0.05) is 13.8 Å². The monoisotopic (exact) mass is 449 g/mol. The van der Waals surface area contributed by atoms with Gasteiger partial charge in [-0.15, -0.1) is 0 Å². The number of benzene rings is 1. The highest BCUT2D eigenvalue weighted by Gasteiger charge is 2.38. The summed E-state index contributed by atoms with van der Waals surface area (Å²) < 4.78 is 33.1. The molecule has 0 amide bonds. The fourth-order valence-corrected chi connectivity index (χ4v) is 3.97. The van der Waals surface area contributed by atoms with Crippen molar-refractivity contribution in [1.29, 1.82) is 0 Å². The maximum absolute atomic E-state index is 15.3. The molecule has 3 rings (SSSR count). The van der Waals surface area contributed by atoms with Crippen molar-refractivity contribution in [3.8, 4) is 22.8 Å². The first kappa shape index (κ1) is 23.7. The lowest BCUT2D eigenvalue weighted by Crippen LogP contribution is -2.37. The Morgan fingerprint density at radius 3 is 2.56 bits per heavy atom. The van der Waals surface area contributed by atoms with Crippen LogP contribution in [0.3, 0.4) is 0 Å². The Hall–Kier alpha value is -2.91. The van der Waals surface area contributed by atoms with Crippen molar-refractivity contribution >= 4 is 5.97 Å². The van der Waals surface area contributed by atoms with Gasteiger partial charge in [0, 0.05) is 43.4 Å². The molecular formula is C23H28FNO7. The summed E-state index contributed by atoms with van der Waals surface area (Å²) in [5, 5.41) is 19.4.